The number of fused-ring (bicyclic) bond motifs is 2. The number of hydrogen-bond acceptors (Lipinski definition) is 8. The number of carbonyl (C=O) groups is 5. The number of esters is 2. The average molecular weight is 800 g/mol. The number of nitrogens with zero attached hydrogens (tertiary/aromatic N) is 1. The molecule has 14 heteroatoms. The van der Waals surface area contributed by atoms with Gasteiger partial charge in [-0.3, -0.25) is 19.3 Å². The van der Waals surface area contributed by atoms with Crippen molar-refractivity contribution in [2.75, 3.05) is 19.0 Å². The molecule has 38 heavy (non-hydrogen) atoms. The molecule has 2 unspecified atom stereocenters. The lowest BCUT2D eigenvalue weighted by molar-refractivity contribution is -0.150. The third-order valence-electron chi connectivity index (χ3n) is 6.36. The number of methoxy groups -OCH3 is 1. The zero-order valence-electron chi connectivity index (χ0n) is 20.2. The predicted octanol–water partition coefficient (Wildman–Crippen LogP) is 5.88. The van der Waals surface area contributed by atoms with Gasteiger partial charge in [0.25, 0.3) is 17.7 Å². The Labute approximate surface area is 255 Å². The standard InChI is InChI=1S/C24H20Br4N2O7S/c1-8-4-5-10-11(6-8)38-20(13(10)24(35)36-3)29-12(31)7-37-23(34)9(2)30-21(32)14-15(22(30)33)17(26)19(28)18(27)16(14)25/h8-9H,4-7H2,1-3H3,(H,29,31). The smallest absolute Gasteiger partial charge is 0.341 e. The highest BCUT2D eigenvalue weighted by Gasteiger charge is 2.45. The largest absolute Gasteiger partial charge is 0.465 e. The van der Waals surface area contributed by atoms with Crippen LogP contribution in [0.2, 0.25) is 0 Å². The second kappa shape index (κ2) is 11.5. The van der Waals surface area contributed by atoms with Gasteiger partial charge in [-0.2, -0.15) is 0 Å². The number of thiophene rings is 1. The molecule has 9 nitrogen and oxygen atoms in total. The highest BCUT2D eigenvalue weighted by molar-refractivity contribution is 9.15. The number of carbonyl (C=O) groups excluding carboxylic acids is 5. The van der Waals surface area contributed by atoms with Gasteiger partial charge in [0, 0.05) is 22.8 Å². The van der Waals surface area contributed by atoms with Crippen molar-refractivity contribution in [2.45, 2.75) is 39.2 Å². The van der Waals surface area contributed by atoms with E-state index in [1.165, 1.54) is 25.4 Å². The van der Waals surface area contributed by atoms with Crippen LogP contribution in [0.5, 0.6) is 0 Å². The van der Waals surface area contributed by atoms with E-state index in [-0.39, 0.29) is 11.1 Å². The van der Waals surface area contributed by atoms with Crippen LogP contribution in [0.25, 0.3) is 0 Å². The lowest BCUT2D eigenvalue weighted by Crippen LogP contribution is -2.44. The zero-order chi connectivity index (χ0) is 28.0. The second-order valence-electron chi connectivity index (χ2n) is 8.87. The molecule has 3 amide bonds. The van der Waals surface area contributed by atoms with Crippen molar-refractivity contribution < 1.29 is 33.4 Å². The maximum Gasteiger partial charge on any atom is 0.341 e. The minimum Gasteiger partial charge on any atom is -0.465 e. The number of rotatable bonds is 6. The zero-order valence-corrected chi connectivity index (χ0v) is 27.4. The van der Waals surface area contributed by atoms with Gasteiger partial charge in [0.2, 0.25) is 0 Å². The summed E-state index contributed by atoms with van der Waals surface area (Å²) in [6, 6.07) is -1.30. The molecule has 0 bridgehead atoms. The first-order valence-corrected chi connectivity index (χ1v) is 15.3. The summed E-state index contributed by atoms with van der Waals surface area (Å²) in [7, 11) is 1.28. The summed E-state index contributed by atoms with van der Waals surface area (Å²) < 4.78 is 11.8. The van der Waals surface area contributed by atoms with E-state index in [1.54, 1.807) is 0 Å². The highest BCUT2D eigenvalue weighted by Crippen LogP contribution is 2.45. The van der Waals surface area contributed by atoms with Crippen molar-refractivity contribution in [1.29, 1.82) is 0 Å². The molecular weight excluding hydrogens is 780 g/mol. The van der Waals surface area contributed by atoms with E-state index in [4.69, 9.17) is 9.47 Å². The minimum absolute atomic E-state index is 0.0978. The maximum absolute atomic E-state index is 13.1. The van der Waals surface area contributed by atoms with E-state index in [2.05, 4.69) is 76.0 Å². The van der Waals surface area contributed by atoms with Gasteiger partial charge in [-0.1, -0.05) is 6.92 Å². The molecule has 2 aromatic rings. The maximum atomic E-state index is 13.1. The fourth-order valence-corrected chi connectivity index (χ4v) is 8.27. The summed E-state index contributed by atoms with van der Waals surface area (Å²) in [5.41, 5.74) is 1.40. The van der Waals surface area contributed by atoms with Crippen LogP contribution >= 0.6 is 75.1 Å². The lowest BCUT2D eigenvalue weighted by Gasteiger charge is -2.20. The summed E-state index contributed by atoms with van der Waals surface area (Å²) in [5, 5.41) is 3.00. The van der Waals surface area contributed by atoms with Gasteiger partial charge < -0.3 is 14.8 Å². The molecule has 0 radical (unpaired) electrons. The van der Waals surface area contributed by atoms with Crippen LogP contribution in [-0.2, 0) is 31.9 Å². The van der Waals surface area contributed by atoms with Gasteiger partial charge in [0.1, 0.15) is 11.0 Å². The molecule has 1 N–H and O–H groups in total. The van der Waals surface area contributed by atoms with E-state index < -0.39 is 42.3 Å². The van der Waals surface area contributed by atoms with Gasteiger partial charge >= 0.3 is 11.9 Å². The summed E-state index contributed by atoms with van der Waals surface area (Å²) >= 11 is 14.7. The van der Waals surface area contributed by atoms with Gasteiger partial charge in [-0.05, 0) is 101 Å². The molecule has 1 aromatic heterocycles. The van der Waals surface area contributed by atoms with Crippen LogP contribution in [0, 0.1) is 5.92 Å². The Morgan fingerprint density at radius 3 is 2.18 bits per heavy atom. The van der Waals surface area contributed by atoms with Crippen LogP contribution < -0.4 is 5.32 Å². The summed E-state index contributed by atoms with van der Waals surface area (Å²) in [5.74, 6) is -3.04. The van der Waals surface area contributed by atoms with E-state index in [0.717, 1.165) is 28.2 Å². The number of imide groups is 1. The van der Waals surface area contributed by atoms with Crippen molar-refractivity contribution in [3.8, 4) is 0 Å². The number of hydrogen-bond donors (Lipinski definition) is 1. The first-order chi connectivity index (χ1) is 17.9. The Morgan fingerprint density at radius 2 is 1.63 bits per heavy atom. The highest BCUT2D eigenvalue weighted by atomic mass is 79.9. The fourth-order valence-electron chi connectivity index (χ4n) is 4.40. The average Bonchev–Trinajstić information content (AvgIpc) is 3.36. The quantitative estimate of drug-likeness (QED) is 0.168. The summed E-state index contributed by atoms with van der Waals surface area (Å²) in [6.45, 7) is 2.80. The number of benzene rings is 1. The summed E-state index contributed by atoms with van der Waals surface area (Å²) in [6.07, 6.45) is 2.43. The Balaban J connectivity index is 1.46. The van der Waals surface area contributed by atoms with Gasteiger partial charge in [-0.15, -0.1) is 11.3 Å². The molecule has 2 aliphatic rings. The lowest BCUT2D eigenvalue weighted by atomic mass is 9.88. The fraction of sp³-hybridized carbons (Fsp3) is 0.375. The topological polar surface area (TPSA) is 119 Å². The van der Waals surface area contributed by atoms with Gasteiger partial charge in [0.05, 0.1) is 23.8 Å². The van der Waals surface area contributed by atoms with Crippen LogP contribution in [0.15, 0.2) is 17.9 Å². The molecule has 0 spiro atoms. The third kappa shape index (κ3) is 5.14. The molecule has 2 heterocycles. The predicted molar refractivity (Wildman–Crippen MR) is 154 cm³/mol. The number of halogens is 4. The molecule has 2 atom stereocenters. The molecule has 0 fully saturated rings. The molecule has 1 aliphatic carbocycles. The molecule has 0 saturated carbocycles. The van der Waals surface area contributed by atoms with Crippen LogP contribution in [0.3, 0.4) is 0 Å². The van der Waals surface area contributed by atoms with Crippen molar-refractivity contribution in [3.05, 3.63) is 45.0 Å². The van der Waals surface area contributed by atoms with Crippen molar-refractivity contribution in [1.82, 2.24) is 4.90 Å². The molecule has 0 saturated heterocycles. The van der Waals surface area contributed by atoms with Gasteiger partial charge in [-0.25, -0.2) is 9.59 Å². The number of anilines is 1. The van der Waals surface area contributed by atoms with Crippen molar-refractivity contribution in [3.63, 3.8) is 0 Å². The van der Waals surface area contributed by atoms with Crippen molar-refractivity contribution in [2.24, 2.45) is 5.92 Å². The van der Waals surface area contributed by atoms with E-state index in [1.807, 2.05) is 0 Å². The van der Waals surface area contributed by atoms with Crippen LogP contribution in [0.1, 0.15) is 61.8 Å². The normalized spacial score (nSPS) is 17.1. The van der Waals surface area contributed by atoms with Gasteiger partial charge in [0.15, 0.2) is 6.61 Å². The second-order valence-corrected chi connectivity index (χ2v) is 13.1. The summed E-state index contributed by atoms with van der Waals surface area (Å²) in [4.78, 5) is 65.9. The molecule has 1 aliphatic heterocycles. The molecular formula is C24H20Br4N2O7S. The SMILES string of the molecule is COC(=O)c1c(NC(=O)COC(=O)C(C)N2C(=O)c3c(Br)c(Br)c(Br)c(Br)c3C2=O)sc2c1CCC(C)C2. The first-order valence-electron chi connectivity index (χ1n) is 11.3. The number of nitrogens with one attached hydrogen (secondary N) is 1. The van der Waals surface area contributed by atoms with E-state index in [9.17, 15) is 24.0 Å². The Morgan fingerprint density at radius 1 is 1.05 bits per heavy atom. The Hall–Kier alpha value is -1.61. The van der Waals surface area contributed by atoms with E-state index in [0.29, 0.717) is 40.8 Å². The minimum atomic E-state index is -1.30. The van der Waals surface area contributed by atoms with E-state index >= 15 is 0 Å². The number of amides is 3. The Bertz CT molecular complexity index is 1360. The molecule has 4 rings (SSSR count). The third-order valence-corrected chi connectivity index (χ3v) is 12.3. The molecule has 1 aromatic carbocycles. The first kappa shape index (κ1) is 29.4. The van der Waals surface area contributed by atoms with Crippen LogP contribution in [-0.4, -0.2) is 54.3 Å². The van der Waals surface area contributed by atoms with Crippen molar-refractivity contribution >= 4 is 110 Å². The monoisotopic (exact) mass is 796 g/mol. The Kier molecular flexibility index (Phi) is 8.87. The molecule has 202 valence electrons. The van der Waals surface area contributed by atoms with Crippen LogP contribution in [0.4, 0.5) is 5.00 Å². The number of ether oxygens (including phenoxy) is 2.